The van der Waals surface area contributed by atoms with E-state index in [0.29, 0.717) is 17.8 Å². The lowest BCUT2D eigenvalue weighted by atomic mass is 9.69. The molecule has 5 fully saturated rings. The van der Waals surface area contributed by atoms with Gasteiger partial charge < -0.3 is 0 Å². The van der Waals surface area contributed by atoms with Gasteiger partial charge in [0, 0.05) is 11.3 Å². The zero-order valence-corrected chi connectivity index (χ0v) is 14.2. The van der Waals surface area contributed by atoms with Crippen molar-refractivity contribution >= 4 is 15.9 Å². The first kappa shape index (κ1) is 13.8. The molecule has 0 N–H and O–H groups in total. The van der Waals surface area contributed by atoms with Gasteiger partial charge in [0.05, 0.1) is 11.8 Å². The third-order valence-electron chi connectivity index (χ3n) is 8.01. The van der Waals surface area contributed by atoms with E-state index in [1.807, 2.05) is 0 Å². The van der Waals surface area contributed by atoms with Crippen LogP contribution in [0.25, 0.3) is 0 Å². The molecule has 1 heterocycles. The number of fused-ring (bicyclic) bond motifs is 1. The molecule has 5 atom stereocenters. The number of carbonyl (C=O) groups excluding carboxylic acids is 1. The molecule has 1 saturated heterocycles. The van der Waals surface area contributed by atoms with Crippen LogP contribution in [0.5, 0.6) is 0 Å². The third-order valence-corrected chi connectivity index (χ3v) is 9.93. The molecule has 4 saturated carbocycles. The lowest BCUT2D eigenvalue weighted by molar-refractivity contribution is -0.130. The fraction of sp³-hybridized carbons (Fsp3) is 0.941. The van der Waals surface area contributed by atoms with Crippen molar-refractivity contribution < 1.29 is 13.2 Å². The van der Waals surface area contributed by atoms with Gasteiger partial charge in [0.25, 0.3) is 0 Å². The van der Waals surface area contributed by atoms with Crippen molar-refractivity contribution in [2.45, 2.75) is 58.4 Å². The molecule has 0 aromatic heterocycles. The highest BCUT2D eigenvalue weighted by Crippen LogP contribution is 2.70. The quantitative estimate of drug-likeness (QED) is 0.784. The lowest BCUT2D eigenvalue weighted by Crippen LogP contribution is -2.44. The van der Waals surface area contributed by atoms with Crippen LogP contribution >= 0.6 is 0 Å². The van der Waals surface area contributed by atoms with Crippen molar-refractivity contribution in [2.24, 2.45) is 34.5 Å². The van der Waals surface area contributed by atoms with E-state index >= 15 is 0 Å². The van der Waals surface area contributed by atoms with Gasteiger partial charge in [-0.1, -0.05) is 13.8 Å². The summed E-state index contributed by atoms with van der Waals surface area (Å²) in [6.45, 7) is 4.47. The van der Waals surface area contributed by atoms with Crippen molar-refractivity contribution in [3.63, 3.8) is 0 Å². The van der Waals surface area contributed by atoms with Crippen LogP contribution in [-0.2, 0) is 14.8 Å². The standard InChI is InChI=1S/C17H25NO3S/c1-16(2)11-5-6-17(16)9-22(20,21)18(14(17)7-11)15(19)13-8-12(13)10-3-4-10/h10-14H,3-9H2,1-2H3/t11-,12?,13?,14-,17+/m1/s1. The van der Waals surface area contributed by atoms with Crippen molar-refractivity contribution in [1.29, 1.82) is 0 Å². The molecule has 2 unspecified atom stereocenters. The van der Waals surface area contributed by atoms with Gasteiger partial charge in [0.2, 0.25) is 15.9 Å². The Bertz CT molecular complexity index is 665. The van der Waals surface area contributed by atoms with Crippen molar-refractivity contribution in [3.8, 4) is 0 Å². The van der Waals surface area contributed by atoms with Crippen molar-refractivity contribution in [3.05, 3.63) is 0 Å². The summed E-state index contributed by atoms with van der Waals surface area (Å²) in [4.78, 5) is 12.9. The summed E-state index contributed by atoms with van der Waals surface area (Å²) in [5.74, 6) is 1.96. The summed E-state index contributed by atoms with van der Waals surface area (Å²) in [5.41, 5.74) is -0.116. The lowest BCUT2D eigenvalue weighted by Gasteiger charge is -2.37. The normalized spacial score (nSPS) is 50.2. The van der Waals surface area contributed by atoms with E-state index in [1.54, 1.807) is 0 Å². The van der Waals surface area contributed by atoms with Gasteiger partial charge in [0.1, 0.15) is 0 Å². The molecule has 5 aliphatic rings. The van der Waals surface area contributed by atoms with E-state index in [2.05, 4.69) is 13.8 Å². The van der Waals surface area contributed by atoms with Gasteiger partial charge in [-0.15, -0.1) is 0 Å². The molecule has 1 spiro atoms. The molecule has 1 aliphatic heterocycles. The van der Waals surface area contributed by atoms with E-state index < -0.39 is 10.0 Å². The Hall–Kier alpha value is -0.580. The first-order valence-electron chi connectivity index (χ1n) is 8.84. The average molecular weight is 323 g/mol. The number of amides is 1. The van der Waals surface area contributed by atoms with Gasteiger partial charge in [-0.3, -0.25) is 4.79 Å². The van der Waals surface area contributed by atoms with Crippen LogP contribution in [0.1, 0.15) is 52.4 Å². The molecule has 0 aromatic rings. The van der Waals surface area contributed by atoms with Gasteiger partial charge >= 0.3 is 0 Å². The fourth-order valence-corrected chi connectivity index (χ4v) is 8.87. The number of sulfonamides is 1. The fourth-order valence-electron chi connectivity index (χ4n) is 6.29. The maximum atomic E-state index is 12.9. The highest BCUT2D eigenvalue weighted by molar-refractivity contribution is 7.90. The number of carbonyl (C=O) groups is 1. The van der Waals surface area contributed by atoms with Gasteiger partial charge in [-0.05, 0) is 61.7 Å². The van der Waals surface area contributed by atoms with Crippen LogP contribution in [-0.4, -0.2) is 30.4 Å². The smallest absolute Gasteiger partial charge is 0.239 e. The Labute approximate surface area is 132 Å². The second-order valence-electron chi connectivity index (χ2n) is 9.10. The number of rotatable bonds is 2. The Morgan fingerprint density at radius 1 is 1.14 bits per heavy atom. The first-order valence-corrected chi connectivity index (χ1v) is 10.4. The summed E-state index contributed by atoms with van der Waals surface area (Å²) in [6.07, 6.45) is 6.43. The Balaban J connectivity index is 1.50. The van der Waals surface area contributed by atoms with Crippen LogP contribution in [0, 0.1) is 34.5 Å². The minimum atomic E-state index is -3.41. The maximum absolute atomic E-state index is 12.9. The SMILES string of the molecule is CC1(C)[C@@H]2CC[C@@]13CS(=O)(=O)N(C(=O)C1CC1C1CC1)[C@@H]3C2. The van der Waals surface area contributed by atoms with E-state index in [0.717, 1.165) is 25.7 Å². The Kier molecular flexibility index (Phi) is 2.35. The molecule has 4 aliphatic carbocycles. The molecule has 5 heteroatoms. The predicted molar refractivity (Wildman–Crippen MR) is 82.3 cm³/mol. The minimum absolute atomic E-state index is 0.0136. The molecular formula is C17H25NO3S. The third kappa shape index (κ3) is 1.45. The van der Waals surface area contributed by atoms with Crippen LogP contribution in [0.2, 0.25) is 0 Å². The van der Waals surface area contributed by atoms with Crippen LogP contribution < -0.4 is 0 Å². The molecule has 0 radical (unpaired) electrons. The van der Waals surface area contributed by atoms with E-state index in [-0.39, 0.29) is 34.4 Å². The van der Waals surface area contributed by atoms with Gasteiger partial charge in [-0.2, -0.15) is 0 Å². The Morgan fingerprint density at radius 3 is 2.50 bits per heavy atom. The zero-order valence-electron chi connectivity index (χ0n) is 13.4. The average Bonchev–Trinajstić information content (AvgIpc) is 3.30. The summed E-state index contributed by atoms with van der Waals surface area (Å²) in [6, 6.07) is -0.0424. The molecule has 1 amide bonds. The van der Waals surface area contributed by atoms with Crippen molar-refractivity contribution in [2.75, 3.05) is 5.75 Å². The second-order valence-corrected chi connectivity index (χ2v) is 10.9. The number of nitrogens with zero attached hydrogens (tertiary/aromatic N) is 1. The Morgan fingerprint density at radius 2 is 1.86 bits per heavy atom. The highest BCUT2D eigenvalue weighted by Gasteiger charge is 2.73. The van der Waals surface area contributed by atoms with E-state index in [9.17, 15) is 13.2 Å². The molecule has 122 valence electrons. The number of hydrogen-bond donors (Lipinski definition) is 0. The van der Waals surface area contributed by atoms with Crippen molar-refractivity contribution in [1.82, 2.24) is 4.31 Å². The topological polar surface area (TPSA) is 54.5 Å². The van der Waals surface area contributed by atoms with Gasteiger partial charge in [-0.25, -0.2) is 12.7 Å². The summed E-state index contributed by atoms with van der Waals surface area (Å²) in [5, 5.41) is 0. The summed E-state index contributed by atoms with van der Waals surface area (Å²) < 4.78 is 27.0. The van der Waals surface area contributed by atoms with Crippen LogP contribution in [0.15, 0.2) is 0 Å². The number of hydrogen-bond acceptors (Lipinski definition) is 3. The largest absolute Gasteiger partial charge is 0.273 e. The summed E-state index contributed by atoms with van der Waals surface area (Å²) >= 11 is 0. The second kappa shape index (κ2) is 3.73. The molecule has 4 nitrogen and oxygen atoms in total. The molecule has 2 bridgehead atoms. The van der Waals surface area contributed by atoms with Crippen LogP contribution in [0.3, 0.4) is 0 Å². The minimum Gasteiger partial charge on any atom is -0.273 e. The summed E-state index contributed by atoms with van der Waals surface area (Å²) in [7, 11) is -3.41. The monoisotopic (exact) mass is 323 g/mol. The molecule has 5 rings (SSSR count). The van der Waals surface area contributed by atoms with Crippen LogP contribution in [0.4, 0.5) is 0 Å². The zero-order chi connectivity index (χ0) is 15.5. The molecule has 0 aromatic carbocycles. The first-order chi connectivity index (χ1) is 10.3. The highest BCUT2D eigenvalue weighted by atomic mass is 32.2. The van der Waals surface area contributed by atoms with Gasteiger partial charge in [0.15, 0.2) is 0 Å². The molecular weight excluding hydrogens is 298 g/mol. The maximum Gasteiger partial charge on any atom is 0.239 e. The van der Waals surface area contributed by atoms with E-state index in [4.69, 9.17) is 0 Å². The van der Waals surface area contributed by atoms with E-state index in [1.165, 1.54) is 17.1 Å². The molecule has 22 heavy (non-hydrogen) atoms. The predicted octanol–water partition coefficient (Wildman–Crippen LogP) is 2.40.